The van der Waals surface area contributed by atoms with Gasteiger partial charge in [-0.1, -0.05) is 91.0 Å². The number of likely N-dealkylation sites (tertiary alicyclic amines) is 1. The maximum absolute atomic E-state index is 13.4. The molecule has 5 heteroatoms. The topological polar surface area (TPSA) is 38.8 Å². The highest BCUT2D eigenvalue weighted by Crippen LogP contribution is 2.24. The number of benzene rings is 3. The number of piperazine rings is 1. The first-order chi connectivity index (χ1) is 18.2. The number of nitrogens with one attached hydrogen (secondary N) is 1. The minimum atomic E-state index is -0.149. The molecule has 0 radical (unpaired) electrons. The summed E-state index contributed by atoms with van der Waals surface area (Å²) in [4.78, 5) is 20.6. The molecular weight excluding hydrogens is 456 g/mol. The number of urea groups is 1. The van der Waals surface area contributed by atoms with Crippen molar-refractivity contribution < 1.29 is 4.79 Å². The van der Waals surface area contributed by atoms with Gasteiger partial charge in [-0.3, -0.25) is 9.80 Å². The summed E-state index contributed by atoms with van der Waals surface area (Å²) in [6.45, 7) is 9.33. The van der Waals surface area contributed by atoms with E-state index in [1.807, 2.05) is 41.3 Å². The number of carbonyl (C=O) groups is 1. The molecule has 2 heterocycles. The molecular formula is C32H40N4O. The molecule has 0 aromatic heterocycles. The van der Waals surface area contributed by atoms with Crippen LogP contribution in [0, 0.1) is 5.92 Å². The zero-order valence-electron chi connectivity index (χ0n) is 22.0. The fraction of sp³-hybridized carbons (Fsp3) is 0.406. The normalized spacial score (nSPS) is 19.7. The van der Waals surface area contributed by atoms with Gasteiger partial charge < -0.3 is 10.2 Å². The van der Waals surface area contributed by atoms with E-state index in [4.69, 9.17) is 0 Å². The standard InChI is InChI=1S/C32H40N4O/c1-26-23-36(32(37)33-31(29-13-7-3-8-14-29)30-15-9-4-10-16-30)22-21-35(26)25-28-17-19-34(20-18-28)24-27-11-5-2-6-12-27/h2-16,26,28,31H,17-25H2,1H3,(H,33,37). The van der Waals surface area contributed by atoms with Crippen molar-refractivity contribution in [2.75, 3.05) is 39.3 Å². The van der Waals surface area contributed by atoms with Gasteiger partial charge in [-0.25, -0.2) is 4.79 Å². The monoisotopic (exact) mass is 496 g/mol. The lowest BCUT2D eigenvalue weighted by Gasteiger charge is -2.43. The molecule has 5 rings (SSSR count). The second-order valence-corrected chi connectivity index (χ2v) is 10.7. The number of hydrogen-bond donors (Lipinski definition) is 1. The number of nitrogens with zero attached hydrogens (tertiary/aromatic N) is 3. The van der Waals surface area contributed by atoms with Crippen LogP contribution in [0.5, 0.6) is 0 Å². The predicted octanol–water partition coefficient (Wildman–Crippen LogP) is 5.40. The van der Waals surface area contributed by atoms with Gasteiger partial charge in [-0.2, -0.15) is 0 Å². The molecule has 2 amide bonds. The number of rotatable bonds is 7. The molecule has 0 aliphatic carbocycles. The average molecular weight is 497 g/mol. The summed E-state index contributed by atoms with van der Waals surface area (Å²) < 4.78 is 0. The molecule has 37 heavy (non-hydrogen) atoms. The van der Waals surface area contributed by atoms with Crippen LogP contribution in [0.2, 0.25) is 0 Å². The van der Waals surface area contributed by atoms with E-state index < -0.39 is 0 Å². The quantitative estimate of drug-likeness (QED) is 0.476. The molecule has 1 unspecified atom stereocenters. The third-order valence-corrected chi connectivity index (χ3v) is 8.03. The fourth-order valence-electron chi connectivity index (χ4n) is 5.82. The van der Waals surface area contributed by atoms with E-state index in [1.165, 1.54) is 31.5 Å². The molecule has 2 fully saturated rings. The van der Waals surface area contributed by atoms with Gasteiger partial charge >= 0.3 is 6.03 Å². The first-order valence-electron chi connectivity index (χ1n) is 13.8. The first kappa shape index (κ1) is 25.5. The van der Waals surface area contributed by atoms with Crippen LogP contribution >= 0.6 is 0 Å². The molecule has 194 valence electrons. The molecule has 5 nitrogen and oxygen atoms in total. The van der Waals surface area contributed by atoms with Crippen molar-refractivity contribution in [2.45, 2.75) is 38.4 Å². The predicted molar refractivity (Wildman–Crippen MR) is 150 cm³/mol. The van der Waals surface area contributed by atoms with E-state index in [0.717, 1.165) is 49.8 Å². The highest BCUT2D eigenvalue weighted by molar-refractivity contribution is 5.75. The van der Waals surface area contributed by atoms with Gasteiger partial charge in [0.1, 0.15) is 0 Å². The van der Waals surface area contributed by atoms with E-state index in [1.54, 1.807) is 0 Å². The largest absolute Gasteiger partial charge is 0.327 e. The number of carbonyl (C=O) groups excluding carboxylic acids is 1. The Morgan fingerprint density at radius 3 is 1.95 bits per heavy atom. The van der Waals surface area contributed by atoms with Crippen molar-refractivity contribution in [3.63, 3.8) is 0 Å². The Hall–Kier alpha value is -3.15. The van der Waals surface area contributed by atoms with Gasteiger partial charge in [0, 0.05) is 38.8 Å². The van der Waals surface area contributed by atoms with Crippen molar-refractivity contribution in [1.29, 1.82) is 0 Å². The highest BCUT2D eigenvalue weighted by atomic mass is 16.2. The molecule has 2 aliphatic heterocycles. The summed E-state index contributed by atoms with van der Waals surface area (Å²) in [5.74, 6) is 0.746. The van der Waals surface area contributed by atoms with Crippen LogP contribution in [0.3, 0.4) is 0 Å². The van der Waals surface area contributed by atoms with Crippen molar-refractivity contribution >= 4 is 6.03 Å². The van der Waals surface area contributed by atoms with Crippen LogP contribution in [0.1, 0.15) is 42.5 Å². The maximum atomic E-state index is 13.4. The van der Waals surface area contributed by atoms with Gasteiger partial charge in [-0.05, 0) is 55.5 Å². The van der Waals surface area contributed by atoms with Crippen molar-refractivity contribution in [1.82, 2.24) is 20.0 Å². The Labute approximate surface area is 222 Å². The average Bonchev–Trinajstić information content (AvgIpc) is 2.95. The van der Waals surface area contributed by atoms with E-state index in [9.17, 15) is 4.79 Å². The van der Waals surface area contributed by atoms with E-state index in [-0.39, 0.29) is 12.1 Å². The van der Waals surface area contributed by atoms with Crippen molar-refractivity contribution in [3.8, 4) is 0 Å². The number of amides is 2. The third-order valence-electron chi connectivity index (χ3n) is 8.03. The Balaban J connectivity index is 1.11. The summed E-state index contributed by atoms with van der Waals surface area (Å²) in [6, 6.07) is 31.6. The second-order valence-electron chi connectivity index (χ2n) is 10.7. The molecule has 0 bridgehead atoms. The van der Waals surface area contributed by atoms with Gasteiger partial charge in [-0.15, -0.1) is 0 Å². The molecule has 0 saturated carbocycles. The zero-order valence-corrected chi connectivity index (χ0v) is 22.0. The third kappa shape index (κ3) is 6.79. The molecule has 3 aromatic rings. The number of hydrogen-bond acceptors (Lipinski definition) is 3. The minimum Gasteiger partial charge on any atom is -0.327 e. The fourth-order valence-corrected chi connectivity index (χ4v) is 5.82. The first-order valence-corrected chi connectivity index (χ1v) is 13.8. The molecule has 0 spiro atoms. The van der Waals surface area contributed by atoms with Crippen LogP contribution in [-0.4, -0.2) is 66.0 Å². The van der Waals surface area contributed by atoms with Crippen LogP contribution < -0.4 is 5.32 Å². The summed E-state index contributed by atoms with van der Waals surface area (Å²) in [5, 5.41) is 3.32. The number of piperidine rings is 1. The lowest BCUT2D eigenvalue weighted by molar-refractivity contribution is 0.0677. The zero-order chi connectivity index (χ0) is 25.5. The summed E-state index contributed by atoms with van der Waals surface area (Å²) in [5.41, 5.74) is 3.62. The van der Waals surface area contributed by atoms with Crippen molar-refractivity contribution in [3.05, 3.63) is 108 Å². The van der Waals surface area contributed by atoms with Crippen LogP contribution in [0.15, 0.2) is 91.0 Å². The lowest BCUT2D eigenvalue weighted by Crippen LogP contribution is -2.57. The summed E-state index contributed by atoms with van der Waals surface area (Å²) in [6.07, 6.45) is 2.52. The maximum Gasteiger partial charge on any atom is 0.318 e. The molecule has 2 saturated heterocycles. The minimum absolute atomic E-state index is 0.0263. The van der Waals surface area contributed by atoms with Crippen LogP contribution in [0.4, 0.5) is 4.79 Å². The van der Waals surface area contributed by atoms with Gasteiger partial charge in [0.15, 0.2) is 0 Å². The van der Waals surface area contributed by atoms with E-state index in [0.29, 0.717) is 6.04 Å². The Morgan fingerprint density at radius 1 is 0.811 bits per heavy atom. The Kier molecular flexibility index (Phi) is 8.54. The SMILES string of the molecule is CC1CN(C(=O)NC(c2ccccc2)c2ccccc2)CCN1CC1CCN(Cc2ccccc2)CC1. The summed E-state index contributed by atoms with van der Waals surface area (Å²) in [7, 11) is 0. The second kappa shape index (κ2) is 12.4. The van der Waals surface area contributed by atoms with Gasteiger partial charge in [0.2, 0.25) is 0 Å². The lowest BCUT2D eigenvalue weighted by atomic mass is 9.95. The molecule has 2 aliphatic rings. The Bertz CT molecular complexity index is 1060. The van der Waals surface area contributed by atoms with Crippen LogP contribution in [0.25, 0.3) is 0 Å². The highest BCUT2D eigenvalue weighted by Gasteiger charge is 2.30. The van der Waals surface area contributed by atoms with E-state index in [2.05, 4.69) is 76.6 Å². The van der Waals surface area contributed by atoms with Crippen LogP contribution in [-0.2, 0) is 6.54 Å². The van der Waals surface area contributed by atoms with Gasteiger partial charge in [0.25, 0.3) is 0 Å². The smallest absolute Gasteiger partial charge is 0.318 e. The molecule has 3 aromatic carbocycles. The Morgan fingerprint density at radius 2 is 1.38 bits per heavy atom. The molecule has 1 atom stereocenters. The van der Waals surface area contributed by atoms with Crippen molar-refractivity contribution in [2.24, 2.45) is 5.92 Å². The molecule has 1 N–H and O–H groups in total. The van der Waals surface area contributed by atoms with Gasteiger partial charge in [0.05, 0.1) is 6.04 Å². The summed E-state index contributed by atoms with van der Waals surface area (Å²) >= 11 is 0. The van der Waals surface area contributed by atoms with E-state index >= 15 is 0 Å².